The number of rotatable bonds is 3. The molecule has 2 aromatic carbocycles. The maximum absolute atomic E-state index is 12.7. The number of aromatic nitrogens is 2. The number of imidazole rings is 1. The highest BCUT2D eigenvalue weighted by atomic mass is 16.2. The first-order valence-electron chi connectivity index (χ1n) is 9.20. The van der Waals surface area contributed by atoms with Crippen LogP contribution >= 0.6 is 0 Å². The molecule has 0 bridgehead atoms. The lowest BCUT2D eigenvalue weighted by Crippen LogP contribution is -2.41. The number of carbonyl (C=O) groups excluding carboxylic acids is 2. The van der Waals surface area contributed by atoms with Crippen LogP contribution < -0.4 is 5.32 Å². The lowest BCUT2D eigenvalue weighted by molar-refractivity contribution is -0.121. The van der Waals surface area contributed by atoms with Crippen LogP contribution in [-0.2, 0) is 11.8 Å². The average Bonchev–Trinajstić information content (AvgIpc) is 3.04. The smallest absolute Gasteiger partial charge is 0.253 e. The summed E-state index contributed by atoms with van der Waals surface area (Å²) in [5.74, 6) is 0.457. The largest absolute Gasteiger partial charge is 0.339 e. The number of nitrogens with one attached hydrogen (secondary N) is 1. The van der Waals surface area contributed by atoms with Crippen molar-refractivity contribution in [3.8, 4) is 0 Å². The Morgan fingerprint density at radius 2 is 1.67 bits per heavy atom. The summed E-state index contributed by atoms with van der Waals surface area (Å²) in [6.45, 7) is 1.18. The van der Waals surface area contributed by atoms with Crippen LogP contribution in [0, 0.1) is 5.92 Å². The highest BCUT2D eigenvalue weighted by Gasteiger charge is 2.28. The Morgan fingerprint density at radius 1 is 1.00 bits per heavy atom. The lowest BCUT2D eigenvalue weighted by Gasteiger charge is -2.31. The Kier molecular flexibility index (Phi) is 4.62. The number of aryl methyl sites for hydroxylation is 1. The second kappa shape index (κ2) is 7.23. The number of amides is 2. The number of fused-ring (bicyclic) bond motifs is 1. The van der Waals surface area contributed by atoms with E-state index in [-0.39, 0.29) is 17.7 Å². The molecule has 1 aromatic heterocycles. The van der Waals surface area contributed by atoms with Gasteiger partial charge < -0.3 is 9.47 Å². The molecule has 1 fully saturated rings. The van der Waals surface area contributed by atoms with Gasteiger partial charge in [0.25, 0.3) is 5.91 Å². The monoisotopic (exact) mass is 362 g/mol. The maximum Gasteiger partial charge on any atom is 0.253 e. The highest BCUT2D eigenvalue weighted by molar-refractivity contribution is 5.95. The van der Waals surface area contributed by atoms with E-state index in [9.17, 15) is 9.59 Å². The molecule has 0 aliphatic carbocycles. The molecular formula is C21H22N4O2. The first kappa shape index (κ1) is 17.3. The van der Waals surface area contributed by atoms with Crippen molar-refractivity contribution in [1.29, 1.82) is 0 Å². The Bertz CT molecular complexity index is 972. The molecular weight excluding hydrogens is 340 g/mol. The predicted molar refractivity (Wildman–Crippen MR) is 104 cm³/mol. The standard InChI is InChI=1S/C21H22N4O2/c1-24-18-10-6-5-9-17(18)22-21(24)23-19(26)15-11-13-25(14-12-15)20(27)16-7-3-2-4-8-16/h2-10,15H,11-14H2,1H3,(H,22,23,26). The van der Waals surface area contributed by atoms with Crippen molar-refractivity contribution < 1.29 is 9.59 Å². The van der Waals surface area contributed by atoms with Crippen molar-refractivity contribution in [2.75, 3.05) is 18.4 Å². The molecule has 6 nitrogen and oxygen atoms in total. The van der Waals surface area contributed by atoms with Crippen LogP contribution in [-0.4, -0.2) is 39.4 Å². The third-order valence-electron chi connectivity index (χ3n) is 5.20. The Morgan fingerprint density at radius 3 is 2.37 bits per heavy atom. The molecule has 2 heterocycles. The van der Waals surface area contributed by atoms with Crippen LogP contribution in [0.1, 0.15) is 23.2 Å². The van der Waals surface area contributed by atoms with E-state index in [1.807, 2.05) is 71.1 Å². The van der Waals surface area contributed by atoms with Crippen molar-refractivity contribution in [3.63, 3.8) is 0 Å². The molecule has 1 aliphatic heterocycles. The summed E-state index contributed by atoms with van der Waals surface area (Å²) < 4.78 is 1.89. The molecule has 0 radical (unpaired) electrons. The quantitative estimate of drug-likeness (QED) is 0.779. The van der Waals surface area contributed by atoms with Crippen molar-refractivity contribution in [1.82, 2.24) is 14.5 Å². The third-order valence-corrected chi connectivity index (χ3v) is 5.20. The Labute approximate surface area is 157 Å². The van der Waals surface area contributed by atoms with Crippen LogP contribution in [0.3, 0.4) is 0 Å². The molecule has 0 saturated carbocycles. The number of carbonyl (C=O) groups is 2. The van der Waals surface area contributed by atoms with Crippen molar-refractivity contribution in [2.45, 2.75) is 12.8 Å². The fourth-order valence-electron chi connectivity index (χ4n) is 3.58. The molecule has 1 N–H and O–H groups in total. The number of para-hydroxylation sites is 2. The minimum absolute atomic E-state index is 0.0276. The van der Waals surface area contributed by atoms with E-state index in [2.05, 4.69) is 10.3 Å². The van der Waals surface area contributed by atoms with Gasteiger partial charge in [0.15, 0.2) is 0 Å². The van der Waals surface area contributed by atoms with Gasteiger partial charge >= 0.3 is 0 Å². The highest BCUT2D eigenvalue weighted by Crippen LogP contribution is 2.22. The molecule has 1 saturated heterocycles. The summed E-state index contributed by atoms with van der Waals surface area (Å²) in [5, 5.41) is 2.95. The van der Waals surface area contributed by atoms with E-state index in [0.29, 0.717) is 37.4 Å². The SMILES string of the molecule is Cn1c(NC(=O)C2CCN(C(=O)c3ccccc3)CC2)nc2ccccc21. The van der Waals surface area contributed by atoms with Gasteiger partial charge in [-0.25, -0.2) is 4.98 Å². The summed E-state index contributed by atoms with van der Waals surface area (Å²) in [6.07, 6.45) is 1.32. The second-order valence-electron chi connectivity index (χ2n) is 6.90. The van der Waals surface area contributed by atoms with Gasteiger partial charge in [-0.05, 0) is 37.1 Å². The average molecular weight is 362 g/mol. The number of hydrogen-bond acceptors (Lipinski definition) is 3. The van der Waals surface area contributed by atoms with Gasteiger partial charge in [-0.1, -0.05) is 30.3 Å². The van der Waals surface area contributed by atoms with E-state index >= 15 is 0 Å². The van der Waals surface area contributed by atoms with Gasteiger partial charge in [-0.2, -0.15) is 0 Å². The molecule has 138 valence electrons. The first-order valence-corrected chi connectivity index (χ1v) is 9.20. The maximum atomic E-state index is 12.7. The van der Waals surface area contributed by atoms with Crippen LogP contribution in [0.4, 0.5) is 5.95 Å². The van der Waals surface area contributed by atoms with Crippen molar-refractivity contribution in [2.24, 2.45) is 13.0 Å². The Hall–Kier alpha value is -3.15. The van der Waals surface area contributed by atoms with Crippen LogP contribution in [0.15, 0.2) is 54.6 Å². The van der Waals surface area contributed by atoms with Gasteiger partial charge in [-0.15, -0.1) is 0 Å². The molecule has 0 spiro atoms. The van der Waals surface area contributed by atoms with Gasteiger partial charge in [0.2, 0.25) is 11.9 Å². The molecule has 0 atom stereocenters. The molecule has 1 aliphatic rings. The fourth-order valence-corrected chi connectivity index (χ4v) is 3.58. The normalized spacial score (nSPS) is 15.1. The van der Waals surface area contributed by atoms with E-state index < -0.39 is 0 Å². The van der Waals surface area contributed by atoms with E-state index in [0.717, 1.165) is 11.0 Å². The topological polar surface area (TPSA) is 67.2 Å². The van der Waals surface area contributed by atoms with E-state index in [1.165, 1.54) is 0 Å². The van der Waals surface area contributed by atoms with Crippen LogP contribution in [0.5, 0.6) is 0 Å². The third kappa shape index (κ3) is 3.43. The zero-order chi connectivity index (χ0) is 18.8. The molecule has 27 heavy (non-hydrogen) atoms. The van der Waals surface area contributed by atoms with Gasteiger partial charge in [-0.3, -0.25) is 14.9 Å². The number of anilines is 1. The minimum atomic E-state index is -0.107. The summed E-state index contributed by atoms with van der Waals surface area (Å²) in [7, 11) is 1.89. The van der Waals surface area contributed by atoms with Crippen molar-refractivity contribution >= 4 is 28.8 Å². The van der Waals surface area contributed by atoms with Crippen LogP contribution in [0.25, 0.3) is 11.0 Å². The van der Waals surface area contributed by atoms with Crippen molar-refractivity contribution in [3.05, 3.63) is 60.2 Å². The lowest BCUT2D eigenvalue weighted by atomic mass is 9.95. The van der Waals surface area contributed by atoms with Gasteiger partial charge in [0.05, 0.1) is 11.0 Å². The number of benzene rings is 2. The van der Waals surface area contributed by atoms with Gasteiger partial charge in [0.1, 0.15) is 0 Å². The van der Waals surface area contributed by atoms with Gasteiger partial charge in [0, 0.05) is 31.6 Å². The molecule has 4 rings (SSSR count). The van der Waals surface area contributed by atoms with E-state index in [4.69, 9.17) is 0 Å². The summed E-state index contributed by atoms with van der Waals surface area (Å²) in [6, 6.07) is 17.1. The van der Waals surface area contributed by atoms with Crippen LogP contribution in [0.2, 0.25) is 0 Å². The molecule has 0 unspecified atom stereocenters. The number of hydrogen-bond donors (Lipinski definition) is 1. The second-order valence-corrected chi connectivity index (χ2v) is 6.90. The number of piperidine rings is 1. The first-order chi connectivity index (χ1) is 13.1. The molecule has 6 heteroatoms. The predicted octanol–water partition coefficient (Wildman–Crippen LogP) is 3.06. The minimum Gasteiger partial charge on any atom is -0.339 e. The number of likely N-dealkylation sites (tertiary alicyclic amines) is 1. The zero-order valence-electron chi connectivity index (χ0n) is 15.3. The Balaban J connectivity index is 1.38. The fraction of sp³-hybridized carbons (Fsp3) is 0.286. The molecule has 2 amide bonds. The summed E-state index contributed by atoms with van der Waals surface area (Å²) in [4.78, 5) is 31.5. The summed E-state index contributed by atoms with van der Waals surface area (Å²) in [5.41, 5.74) is 2.54. The van der Waals surface area contributed by atoms with E-state index in [1.54, 1.807) is 0 Å². The zero-order valence-corrected chi connectivity index (χ0v) is 15.3. The molecule has 3 aromatic rings. The summed E-state index contributed by atoms with van der Waals surface area (Å²) >= 11 is 0. The number of nitrogens with zero attached hydrogens (tertiary/aromatic N) is 3.